The summed E-state index contributed by atoms with van der Waals surface area (Å²) in [4.78, 5) is 12.1. The minimum atomic E-state index is -0.168. The van der Waals surface area contributed by atoms with Crippen molar-refractivity contribution in [2.24, 2.45) is 22.5 Å². The molecule has 3 nitrogen and oxygen atoms in total. The van der Waals surface area contributed by atoms with Gasteiger partial charge in [0, 0.05) is 18.5 Å². The van der Waals surface area contributed by atoms with E-state index in [2.05, 4.69) is 60.7 Å². The molecule has 0 aliphatic heterocycles. The Bertz CT molecular complexity index is 338. The van der Waals surface area contributed by atoms with Gasteiger partial charge in [-0.25, -0.2) is 0 Å². The number of nitrogens with one attached hydrogen (secondary N) is 1. The first-order valence-electron chi connectivity index (χ1n) is 8.78. The standard InChI is InChI=1S/C19H40N2O/c1-15(2)10-9-11-21-16(22)12-17(3,4)13-18(5,6)14-19(7,8)20/h15H,9-14,20H2,1-8H3,(H,21,22). The average molecular weight is 313 g/mol. The zero-order chi connectivity index (χ0) is 17.6. The third-order valence-electron chi connectivity index (χ3n) is 3.81. The van der Waals surface area contributed by atoms with Crippen LogP contribution in [0.15, 0.2) is 0 Å². The molecule has 0 spiro atoms. The molecule has 22 heavy (non-hydrogen) atoms. The van der Waals surface area contributed by atoms with Crippen molar-refractivity contribution in [3.8, 4) is 0 Å². The third kappa shape index (κ3) is 12.0. The zero-order valence-corrected chi connectivity index (χ0v) is 16.3. The Morgan fingerprint density at radius 3 is 2.00 bits per heavy atom. The molecule has 0 heterocycles. The summed E-state index contributed by atoms with van der Waals surface area (Å²) in [5.74, 6) is 0.880. The Hall–Kier alpha value is -0.570. The summed E-state index contributed by atoms with van der Waals surface area (Å²) in [6.07, 6.45) is 4.78. The fourth-order valence-corrected chi connectivity index (χ4v) is 3.89. The van der Waals surface area contributed by atoms with E-state index in [4.69, 9.17) is 5.73 Å². The lowest BCUT2D eigenvalue weighted by molar-refractivity contribution is -0.123. The molecule has 0 fully saturated rings. The molecule has 3 N–H and O–H groups in total. The van der Waals surface area contributed by atoms with Gasteiger partial charge in [-0.1, -0.05) is 41.5 Å². The number of carbonyl (C=O) groups is 1. The van der Waals surface area contributed by atoms with Gasteiger partial charge < -0.3 is 11.1 Å². The van der Waals surface area contributed by atoms with Crippen LogP contribution in [0.5, 0.6) is 0 Å². The second-order valence-corrected chi connectivity index (χ2v) is 9.73. The van der Waals surface area contributed by atoms with Crippen LogP contribution in [0.25, 0.3) is 0 Å². The lowest BCUT2D eigenvalue weighted by Crippen LogP contribution is -2.39. The van der Waals surface area contributed by atoms with Crippen LogP contribution in [0.2, 0.25) is 0 Å². The average Bonchev–Trinajstić information content (AvgIpc) is 2.17. The van der Waals surface area contributed by atoms with Crippen molar-refractivity contribution in [2.45, 2.75) is 93.0 Å². The highest BCUT2D eigenvalue weighted by atomic mass is 16.1. The number of amides is 1. The van der Waals surface area contributed by atoms with E-state index in [1.54, 1.807) is 0 Å². The van der Waals surface area contributed by atoms with Crippen molar-refractivity contribution in [3.05, 3.63) is 0 Å². The van der Waals surface area contributed by atoms with Crippen molar-refractivity contribution < 1.29 is 4.79 Å². The fourth-order valence-electron chi connectivity index (χ4n) is 3.89. The van der Waals surface area contributed by atoms with E-state index >= 15 is 0 Å². The van der Waals surface area contributed by atoms with E-state index in [0.717, 1.165) is 25.8 Å². The molecule has 0 rings (SSSR count). The predicted octanol–water partition coefficient (Wildman–Crippen LogP) is 4.50. The van der Waals surface area contributed by atoms with E-state index in [1.807, 2.05) is 0 Å². The molecular weight excluding hydrogens is 272 g/mol. The van der Waals surface area contributed by atoms with Crippen LogP contribution in [0.1, 0.15) is 87.5 Å². The summed E-state index contributed by atoms with van der Waals surface area (Å²) >= 11 is 0. The second-order valence-electron chi connectivity index (χ2n) is 9.73. The Kier molecular flexibility index (Phi) is 8.11. The Morgan fingerprint density at radius 2 is 1.55 bits per heavy atom. The maximum Gasteiger partial charge on any atom is 0.220 e. The fraction of sp³-hybridized carbons (Fsp3) is 0.947. The lowest BCUT2D eigenvalue weighted by Gasteiger charge is -2.38. The first-order chi connectivity index (χ1) is 9.72. The van der Waals surface area contributed by atoms with Crippen molar-refractivity contribution in [3.63, 3.8) is 0 Å². The maximum absolute atomic E-state index is 12.1. The van der Waals surface area contributed by atoms with Gasteiger partial charge in [-0.2, -0.15) is 0 Å². The number of carbonyl (C=O) groups excluding carboxylic acids is 1. The quantitative estimate of drug-likeness (QED) is 0.584. The first kappa shape index (κ1) is 21.4. The maximum atomic E-state index is 12.1. The molecule has 0 aromatic heterocycles. The molecule has 1 amide bonds. The molecule has 0 saturated carbocycles. The van der Waals surface area contributed by atoms with Crippen molar-refractivity contribution >= 4 is 5.91 Å². The second kappa shape index (κ2) is 8.33. The molecule has 0 saturated heterocycles. The SMILES string of the molecule is CC(C)CCCNC(=O)CC(C)(C)CC(C)(C)CC(C)(C)N. The molecule has 0 bridgehead atoms. The van der Waals surface area contributed by atoms with E-state index in [9.17, 15) is 4.79 Å². The molecule has 0 aliphatic rings. The van der Waals surface area contributed by atoms with Crippen molar-refractivity contribution in [2.75, 3.05) is 6.54 Å². The topological polar surface area (TPSA) is 55.1 Å². The molecule has 0 radical (unpaired) electrons. The van der Waals surface area contributed by atoms with Gasteiger partial charge in [0.2, 0.25) is 5.91 Å². The van der Waals surface area contributed by atoms with Crippen LogP contribution in [0.3, 0.4) is 0 Å². The first-order valence-corrected chi connectivity index (χ1v) is 8.78. The van der Waals surface area contributed by atoms with E-state index in [0.29, 0.717) is 12.3 Å². The molecule has 3 heteroatoms. The molecule has 0 aliphatic carbocycles. The van der Waals surface area contributed by atoms with Crippen LogP contribution in [-0.4, -0.2) is 18.0 Å². The van der Waals surface area contributed by atoms with E-state index in [1.165, 1.54) is 6.42 Å². The van der Waals surface area contributed by atoms with Crippen LogP contribution >= 0.6 is 0 Å². The number of nitrogens with two attached hydrogens (primary N) is 1. The normalized spacial score (nSPS) is 13.5. The van der Waals surface area contributed by atoms with E-state index < -0.39 is 0 Å². The van der Waals surface area contributed by atoms with Gasteiger partial charge in [0.15, 0.2) is 0 Å². The molecule has 0 atom stereocenters. The van der Waals surface area contributed by atoms with Crippen LogP contribution in [0, 0.1) is 16.7 Å². The number of rotatable bonds is 10. The summed E-state index contributed by atoms with van der Waals surface area (Å²) in [5, 5.41) is 3.06. The molecule has 0 aromatic carbocycles. The minimum Gasteiger partial charge on any atom is -0.356 e. The van der Waals surface area contributed by atoms with Gasteiger partial charge in [-0.15, -0.1) is 0 Å². The summed E-state index contributed by atoms with van der Waals surface area (Å²) in [6, 6.07) is 0. The van der Waals surface area contributed by atoms with Gasteiger partial charge in [0.05, 0.1) is 0 Å². The van der Waals surface area contributed by atoms with Crippen molar-refractivity contribution in [1.29, 1.82) is 0 Å². The molecule has 0 aromatic rings. The van der Waals surface area contributed by atoms with Gasteiger partial charge in [-0.3, -0.25) is 4.79 Å². The number of hydrogen-bond donors (Lipinski definition) is 2. The monoisotopic (exact) mass is 312 g/mol. The van der Waals surface area contributed by atoms with Gasteiger partial charge in [0.25, 0.3) is 0 Å². The highest BCUT2D eigenvalue weighted by molar-refractivity contribution is 5.76. The third-order valence-corrected chi connectivity index (χ3v) is 3.81. The van der Waals surface area contributed by atoms with Crippen LogP contribution in [0.4, 0.5) is 0 Å². The van der Waals surface area contributed by atoms with E-state index in [-0.39, 0.29) is 22.3 Å². The highest BCUT2D eigenvalue weighted by Gasteiger charge is 2.33. The molecular formula is C19H40N2O. The Labute approximate surface area is 138 Å². The zero-order valence-electron chi connectivity index (χ0n) is 16.3. The predicted molar refractivity (Wildman–Crippen MR) is 96.8 cm³/mol. The molecule has 132 valence electrons. The number of hydrogen-bond acceptors (Lipinski definition) is 2. The van der Waals surface area contributed by atoms with Crippen LogP contribution < -0.4 is 11.1 Å². The summed E-state index contributed by atoms with van der Waals surface area (Å²) in [6.45, 7) is 18.3. The smallest absolute Gasteiger partial charge is 0.220 e. The Balaban J connectivity index is 4.30. The summed E-state index contributed by atoms with van der Waals surface area (Å²) in [7, 11) is 0. The Morgan fingerprint density at radius 1 is 1.00 bits per heavy atom. The molecule has 0 unspecified atom stereocenters. The van der Waals surface area contributed by atoms with Gasteiger partial charge in [-0.05, 0) is 56.3 Å². The summed E-state index contributed by atoms with van der Waals surface area (Å²) < 4.78 is 0. The van der Waals surface area contributed by atoms with Gasteiger partial charge in [0.1, 0.15) is 0 Å². The highest BCUT2D eigenvalue weighted by Crippen LogP contribution is 2.40. The minimum absolute atomic E-state index is 0.00309. The van der Waals surface area contributed by atoms with Crippen LogP contribution in [-0.2, 0) is 4.79 Å². The van der Waals surface area contributed by atoms with Crippen molar-refractivity contribution in [1.82, 2.24) is 5.32 Å². The summed E-state index contributed by atoms with van der Waals surface area (Å²) in [5.41, 5.74) is 6.14. The lowest BCUT2D eigenvalue weighted by atomic mass is 9.69. The largest absolute Gasteiger partial charge is 0.356 e. The van der Waals surface area contributed by atoms with Gasteiger partial charge >= 0.3 is 0 Å².